The van der Waals surface area contributed by atoms with Gasteiger partial charge in [0.25, 0.3) is 5.91 Å². The number of hydrogen-bond acceptors (Lipinski definition) is 5. The van der Waals surface area contributed by atoms with Gasteiger partial charge in [-0.25, -0.2) is 4.79 Å². The van der Waals surface area contributed by atoms with Crippen LogP contribution in [0.2, 0.25) is 0 Å². The first-order valence-corrected chi connectivity index (χ1v) is 9.08. The summed E-state index contributed by atoms with van der Waals surface area (Å²) in [5.74, 6) is 0.598. The van der Waals surface area contributed by atoms with Crippen LogP contribution in [0.5, 0.6) is 11.5 Å². The molecule has 2 aromatic carbocycles. The summed E-state index contributed by atoms with van der Waals surface area (Å²) in [6, 6.07) is 11.9. The van der Waals surface area contributed by atoms with E-state index in [4.69, 9.17) is 9.47 Å². The van der Waals surface area contributed by atoms with Crippen molar-refractivity contribution in [2.24, 2.45) is 0 Å². The van der Waals surface area contributed by atoms with Gasteiger partial charge in [0.2, 0.25) is 0 Å². The predicted molar refractivity (Wildman–Crippen MR) is 99.2 cm³/mol. The number of thioether (sulfide) groups is 1. The predicted octanol–water partition coefficient (Wildman–Crippen LogP) is 3.29. The van der Waals surface area contributed by atoms with Crippen molar-refractivity contribution in [2.75, 3.05) is 26.5 Å². The maximum absolute atomic E-state index is 13.0. The van der Waals surface area contributed by atoms with E-state index in [9.17, 15) is 14.7 Å². The lowest BCUT2D eigenvalue weighted by Crippen LogP contribution is -2.31. The van der Waals surface area contributed by atoms with Gasteiger partial charge in [-0.05, 0) is 29.8 Å². The van der Waals surface area contributed by atoms with Gasteiger partial charge >= 0.3 is 5.97 Å². The third kappa shape index (κ3) is 3.35. The van der Waals surface area contributed by atoms with E-state index in [1.807, 2.05) is 12.1 Å². The summed E-state index contributed by atoms with van der Waals surface area (Å²) in [5, 5.41) is 9.16. The first-order chi connectivity index (χ1) is 12.6. The zero-order chi connectivity index (χ0) is 18.7. The molecule has 2 aromatic rings. The average molecular weight is 373 g/mol. The Morgan fingerprint density at radius 1 is 1.08 bits per heavy atom. The molecule has 1 saturated heterocycles. The molecule has 7 heteroatoms. The molecular weight excluding hydrogens is 354 g/mol. The number of carboxylic acids is 1. The summed E-state index contributed by atoms with van der Waals surface area (Å²) < 4.78 is 10.6. The van der Waals surface area contributed by atoms with Crippen LogP contribution < -0.4 is 9.47 Å². The van der Waals surface area contributed by atoms with Crippen LogP contribution in [0.3, 0.4) is 0 Å². The van der Waals surface area contributed by atoms with E-state index >= 15 is 0 Å². The number of nitrogens with zero attached hydrogens (tertiary/aromatic N) is 1. The van der Waals surface area contributed by atoms with Crippen molar-refractivity contribution in [1.29, 1.82) is 0 Å². The molecule has 0 aliphatic carbocycles. The second kappa shape index (κ2) is 7.70. The molecule has 1 atom stereocenters. The lowest BCUT2D eigenvalue weighted by atomic mass is 10.1. The van der Waals surface area contributed by atoms with Crippen molar-refractivity contribution in [3.05, 3.63) is 59.2 Å². The molecule has 1 unspecified atom stereocenters. The molecule has 1 amide bonds. The molecule has 1 aliphatic heterocycles. The third-order valence-electron chi connectivity index (χ3n) is 4.23. The highest BCUT2D eigenvalue weighted by Crippen LogP contribution is 2.41. The smallest absolute Gasteiger partial charge is 0.336 e. The van der Waals surface area contributed by atoms with Crippen LogP contribution in [0, 0.1) is 0 Å². The highest BCUT2D eigenvalue weighted by Gasteiger charge is 2.33. The Morgan fingerprint density at radius 2 is 1.77 bits per heavy atom. The fourth-order valence-electron chi connectivity index (χ4n) is 2.97. The van der Waals surface area contributed by atoms with Gasteiger partial charge in [-0.15, -0.1) is 11.8 Å². The lowest BCUT2D eigenvalue weighted by Gasteiger charge is -2.25. The molecule has 0 radical (unpaired) electrons. The molecule has 0 spiro atoms. The number of hydrogen-bond donors (Lipinski definition) is 1. The quantitative estimate of drug-likeness (QED) is 0.867. The van der Waals surface area contributed by atoms with Crippen LogP contribution in [0.1, 0.15) is 31.7 Å². The number of methoxy groups -OCH3 is 2. The van der Waals surface area contributed by atoms with E-state index in [0.717, 1.165) is 11.3 Å². The zero-order valence-corrected chi connectivity index (χ0v) is 15.3. The molecule has 3 rings (SSSR count). The Balaban J connectivity index is 1.94. The molecule has 0 saturated carbocycles. The third-order valence-corrected chi connectivity index (χ3v) is 5.49. The molecule has 26 heavy (non-hydrogen) atoms. The summed E-state index contributed by atoms with van der Waals surface area (Å²) in [6.07, 6.45) is 0. The Bertz CT molecular complexity index is 838. The Labute approximate surface area is 155 Å². The molecule has 1 N–H and O–H groups in total. The molecule has 0 bridgehead atoms. The fourth-order valence-corrected chi connectivity index (χ4v) is 4.22. The largest absolute Gasteiger partial charge is 0.493 e. The standard InChI is InChI=1S/C19H19NO5S/c1-24-15-8-7-12(11-16(15)25-2)18-20(9-10-26-18)17(21)13-5-3-4-6-14(13)19(22)23/h3-8,11,18H,9-10H2,1-2H3,(H,22,23). The second-order valence-electron chi connectivity index (χ2n) is 5.69. The molecule has 0 aromatic heterocycles. The number of amides is 1. The van der Waals surface area contributed by atoms with E-state index in [1.165, 1.54) is 6.07 Å². The van der Waals surface area contributed by atoms with Gasteiger partial charge in [-0.1, -0.05) is 18.2 Å². The minimum Gasteiger partial charge on any atom is -0.493 e. The molecule has 1 fully saturated rings. The normalized spacial score (nSPS) is 16.4. The van der Waals surface area contributed by atoms with E-state index in [2.05, 4.69) is 0 Å². The topological polar surface area (TPSA) is 76.1 Å². The number of carboxylic acid groups (broad SMARTS) is 1. The van der Waals surface area contributed by atoms with Crippen LogP contribution in [0.15, 0.2) is 42.5 Å². The molecular formula is C19H19NO5S. The van der Waals surface area contributed by atoms with Crippen molar-refractivity contribution < 1.29 is 24.2 Å². The number of carbonyl (C=O) groups excluding carboxylic acids is 1. The summed E-state index contributed by atoms with van der Waals surface area (Å²) in [7, 11) is 3.13. The van der Waals surface area contributed by atoms with E-state index in [1.54, 1.807) is 55.1 Å². The van der Waals surface area contributed by atoms with Gasteiger partial charge < -0.3 is 19.5 Å². The van der Waals surface area contributed by atoms with Crippen molar-refractivity contribution in [3.63, 3.8) is 0 Å². The van der Waals surface area contributed by atoms with Crippen molar-refractivity contribution in [3.8, 4) is 11.5 Å². The summed E-state index contributed by atoms with van der Waals surface area (Å²) in [5.41, 5.74) is 1.12. The van der Waals surface area contributed by atoms with Gasteiger partial charge in [-0.3, -0.25) is 4.79 Å². The molecule has 136 valence electrons. The molecule has 1 heterocycles. The zero-order valence-electron chi connectivity index (χ0n) is 14.5. The van der Waals surface area contributed by atoms with Gasteiger partial charge in [-0.2, -0.15) is 0 Å². The number of rotatable bonds is 5. The van der Waals surface area contributed by atoms with Gasteiger partial charge in [0.1, 0.15) is 5.37 Å². The van der Waals surface area contributed by atoms with E-state index < -0.39 is 5.97 Å². The highest BCUT2D eigenvalue weighted by molar-refractivity contribution is 7.99. The minimum absolute atomic E-state index is 0.0143. The summed E-state index contributed by atoms with van der Waals surface area (Å²) in [4.78, 5) is 26.2. The number of carbonyl (C=O) groups is 2. The average Bonchev–Trinajstić information content (AvgIpc) is 3.16. The summed E-state index contributed by atoms with van der Waals surface area (Å²) >= 11 is 1.63. The maximum Gasteiger partial charge on any atom is 0.336 e. The van der Waals surface area contributed by atoms with Crippen LogP contribution in [-0.2, 0) is 0 Å². The number of aromatic carboxylic acids is 1. The van der Waals surface area contributed by atoms with Crippen LogP contribution in [-0.4, -0.2) is 48.4 Å². The Hall–Kier alpha value is -2.67. The fraction of sp³-hybridized carbons (Fsp3) is 0.263. The highest BCUT2D eigenvalue weighted by atomic mass is 32.2. The summed E-state index contributed by atoms with van der Waals surface area (Å²) in [6.45, 7) is 0.552. The van der Waals surface area contributed by atoms with E-state index in [0.29, 0.717) is 18.0 Å². The van der Waals surface area contributed by atoms with Crippen molar-refractivity contribution >= 4 is 23.6 Å². The Morgan fingerprint density at radius 3 is 2.42 bits per heavy atom. The number of ether oxygens (including phenoxy) is 2. The van der Waals surface area contributed by atoms with Crippen LogP contribution >= 0.6 is 11.8 Å². The molecule has 1 aliphatic rings. The van der Waals surface area contributed by atoms with Gasteiger partial charge in [0.05, 0.1) is 25.3 Å². The van der Waals surface area contributed by atoms with Crippen molar-refractivity contribution in [1.82, 2.24) is 4.90 Å². The number of benzene rings is 2. The minimum atomic E-state index is -1.11. The van der Waals surface area contributed by atoms with Gasteiger partial charge in [0, 0.05) is 12.3 Å². The molecule has 6 nitrogen and oxygen atoms in total. The Kier molecular flexibility index (Phi) is 5.37. The second-order valence-corrected chi connectivity index (χ2v) is 6.87. The first kappa shape index (κ1) is 18.1. The monoisotopic (exact) mass is 373 g/mol. The SMILES string of the molecule is COc1ccc(C2SCCN2C(=O)c2ccccc2C(=O)O)cc1OC. The van der Waals surface area contributed by atoms with Gasteiger partial charge in [0.15, 0.2) is 11.5 Å². The van der Waals surface area contributed by atoms with Crippen LogP contribution in [0.4, 0.5) is 0 Å². The first-order valence-electron chi connectivity index (χ1n) is 8.03. The lowest BCUT2D eigenvalue weighted by molar-refractivity contribution is 0.0676. The van der Waals surface area contributed by atoms with Crippen molar-refractivity contribution in [2.45, 2.75) is 5.37 Å². The van der Waals surface area contributed by atoms with Crippen LogP contribution in [0.25, 0.3) is 0 Å². The maximum atomic E-state index is 13.0. The van der Waals surface area contributed by atoms with E-state index in [-0.39, 0.29) is 22.4 Å².